The Hall–Kier alpha value is -1.48. The van der Waals surface area contributed by atoms with E-state index in [4.69, 9.17) is 0 Å². The highest BCUT2D eigenvalue weighted by atomic mass is 16.3. The summed E-state index contributed by atoms with van der Waals surface area (Å²) < 4.78 is 0. The van der Waals surface area contributed by atoms with E-state index in [2.05, 4.69) is 31.7 Å². The monoisotopic (exact) mass is 351 g/mol. The highest BCUT2D eigenvalue weighted by Crippen LogP contribution is 2.24. The van der Waals surface area contributed by atoms with Gasteiger partial charge in [-0.1, -0.05) is 0 Å². The molecule has 0 saturated carbocycles. The van der Waals surface area contributed by atoms with E-state index in [-0.39, 0.29) is 5.56 Å². The maximum atomic E-state index is 11.9. The van der Waals surface area contributed by atoms with E-state index < -0.39 is 11.3 Å². The van der Waals surface area contributed by atoms with Crippen LogP contribution in [0.5, 0.6) is 0 Å². The maximum absolute atomic E-state index is 11.9. The van der Waals surface area contributed by atoms with Crippen molar-refractivity contribution < 1.29 is 5.11 Å². The van der Waals surface area contributed by atoms with E-state index in [1.54, 1.807) is 0 Å². The topological polar surface area (TPSA) is 95.7 Å². The van der Waals surface area contributed by atoms with Gasteiger partial charge >= 0.3 is 5.69 Å². The van der Waals surface area contributed by atoms with Crippen LogP contribution in [-0.2, 0) is 6.54 Å². The number of likely N-dealkylation sites (N-methyl/N-ethyl adjacent to an activating group) is 1. The minimum atomic E-state index is -0.651. The van der Waals surface area contributed by atoms with E-state index in [0.717, 1.165) is 58.7 Å². The second kappa shape index (κ2) is 7.82. The van der Waals surface area contributed by atoms with Crippen molar-refractivity contribution in [2.45, 2.75) is 31.4 Å². The molecule has 3 rings (SSSR count). The Morgan fingerprint density at radius 2 is 1.84 bits per heavy atom. The summed E-state index contributed by atoms with van der Waals surface area (Å²) >= 11 is 0. The highest BCUT2D eigenvalue weighted by molar-refractivity contribution is 5.03. The first-order chi connectivity index (χ1) is 11.9. The van der Waals surface area contributed by atoms with Crippen LogP contribution in [0.1, 0.15) is 24.8 Å². The Labute approximate surface area is 147 Å². The van der Waals surface area contributed by atoms with Crippen molar-refractivity contribution in [2.75, 3.05) is 52.9 Å². The molecule has 1 atom stereocenters. The van der Waals surface area contributed by atoms with Crippen LogP contribution >= 0.6 is 0 Å². The van der Waals surface area contributed by atoms with Crippen LogP contribution in [0.25, 0.3) is 0 Å². The Morgan fingerprint density at radius 1 is 1.08 bits per heavy atom. The lowest BCUT2D eigenvalue weighted by Gasteiger charge is -2.38. The Bertz CT molecular complexity index is 679. The number of piperazine rings is 1. The van der Waals surface area contributed by atoms with Crippen LogP contribution in [-0.4, -0.2) is 88.2 Å². The summed E-state index contributed by atoms with van der Waals surface area (Å²) in [7, 11) is 2.13. The molecule has 2 aliphatic rings. The van der Waals surface area contributed by atoms with Gasteiger partial charge in [-0.3, -0.25) is 19.6 Å². The SMILES string of the molecule is CN1CCN(CC2(O)CCCN(Cc3c[nH]c(=O)[nH]c3=O)CC2)CC1. The Balaban J connectivity index is 1.56. The standard InChI is InChI=1S/C17H29N5O3/c1-20-7-9-22(10-8-20)13-17(25)3-2-5-21(6-4-17)12-14-11-18-16(24)19-15(14)23/h11,25H,2-10,12-13H2,1H3,(H2,18,19,23,24). The van der Waals surface area contributed by atoms with Crippen molar-refractivity contribution in [3.05, 3.63) is 32.6 Å². The average molecular weight is 351 g/mol. The first kappa shape index (κ1) is 18.3. The van der Waals surface area contributed by atoms with Gasteiger partial charge in [0.05, 0.1) is 5.60 Å². The second-order valence-electron chi connectivity index (χ2n) is 7.53. The molecule has 2 aliphatic heterocycles. The molecular weight excluding hydrogens is 322 g/mol. The molecule has 0 amide bonds. The number of nitrogens with one attached hydrogen (secondary N) is 2. The third kappa shape index (κ3) is 5.01. The van der Waals surface area contributed by atoms with Crippen molar-refractivity contribution >= 4 is 0 Å². The van der Waals surface area contributed by atoms with Crippen LogP contribution in [0, 0.1) is 0 Å². The van der Waals surface area contributed by atoms with Gasteiger partial charge in [0, 0.05) is 57.6 Å². The molecule has 1 aromatic rings. The van der Waals surface area contributed by atoms with Gasteiger partial charge in [0.25, 0.3) is 5.56 Å². The predicted octanol–water partition coefficient (Wildman–Crippen LogP) is -0.972. The van der Waals surface area contributed by atoms with Crippen molar-refractivity contribution in [1.29, 1.82) is 0 Å². The third-order valence-corrected chi connectivity index (χ3v) is 5.41. The zero-order valence-corrected chi connectivity index (χ0v) is 15.0. The average Bonchev–Trinajstić information content (AvgIpc) is 2.74. The van der Waals surface area contributed by atoms with Gasteiger partial charge in [0.1, 0.15) is 0 Å². The lowest BCUT2D eigenvalue weighted by Crippen LogP contribution is -2.51. The molecular formula is C17H29N5O3. The molecule has 1 aromatic heterocycles. The number of aromatic amines is 2. The highest BCUT2D eigenvalue weighted by Gasteiger charge is 2.33. The van der Waals surface area contributed by atoms with Crippen LogP contribution in [0.2, 0.25) is 0 Å². The summed E-state index contributed by atoms with van der Waals surface area (Å²) in [5, 5.41) is 11.0. The third-order valence-electron chi connectivity index (χ3n) is 5.41. The van der Waals surface area contributed by atoms with E-state index in [1.165, 1.54) is 6.20 Å². The predicted molar refractivity (Wildman–Crippen MR) is 95.7 cm³/mol. The Morgan fingerprint density at radius 3 is 2.56 bits per heavy atom. The summed E-state index contributed by atoms with van der Waals surface area (Å²) in [5.74, 6) is 0. The first-order valence-corrected chi connectivity index (χ1v) is 9.10. The number of β-amino-alcohol motifs (C(OH)–C–C–N with tert-alkyl or cyclic N) is 1. The van der Waals surface area contributed by atoms with Gasteiger partial charge < -0.3 is 15.0 Å². The number of aliphatic hydroxyl groups is 1. The second-order valence-corrected chi connectivity index (χ2v) is 7.53. The maximum Gasteiger partial charge on any atom is 0.325 e. The number of nitrogens with zero attached hydrogens (tertiary/aromatic N) is 3. The van der Waals surface area contributed by atoms with E-state index in [0.29, 0.717) is 18.5 Å². The molecule has 0 aromatic carbocycles. The number of H-pyrrole nitrogens is 2. The normalized spacial score (nSPS) is 27.3. The van der Waals surface area contributed by atoms with E-state index in [1.807, 2.05) is 0 Å². The summed E-state index contributed by atoms with van der Waals surface area (Å²) in [6.45, 7) is 6.95. The lowest BCUT2D eigenvalue weighted by molar-refractivity contribution is -0.0184. The molecule has 3 N–H and O–H groups in total. The summed E-state index contributed by atoms with van der Waals surface area (Å²) in [5.41, 5.74) is -0.904. The summed E-state index contributed by atoms with van der Waals surface area (Å²) in [4.78, 5) is 34.6. The molecule has 3 heterocycles. The smallest absolute Gasteiger partial charge is 0.325 e. The molecule has 0 spiro atoms. The molecule has 8 heteroatoms. The molecule has 25 heavy (non-hydrogen) atoms. The fraction of sp³-hybridized carbons (Fsp3) is 0.765. The zero-order valence-electron chi connectivity index (χ0n) is 15.0. The van der Waals surface area contributed by atoms with Gasteiger partial charge in [0.2, 0.25) is 0 Å². The molecule has 1 unspecified atom stereocenters. The van der Waals surface area contributed by atoms with Crippen molar-refractivity contribution in [3.8, 4) is 0 Å². The number of rotatable bonds is 4. The van der Waals surface area contributed by atoms with Crippen LogP contribution in [0.3, 0.4) is 0 Å². The summed E-state index contributed by atoms with van der Waals surface area (Å²) in [6.07, 6.45) is 3.90. The molecule has 2 fully saturated rings. The van der Waals surface area contributed by atoms with Gasteiger partial charge in [0.15, 0.2) is 0 Å². The zero-order chi connectivity index (χ0) is 17.9. The number of hydrogen-bond acceptors (Lipinski definition) is 6. The molecule has 0 bridgehead atoms. The number of hydrogen-bond donors (Lipinski definition) is 3. The fourth-order valence-electron chi connectivity index (χ4n) is 3.77. The largest absolute Gasteiger partial charge is 0.389 e. The molecule has 140 valence electrons. The minimum Gasteiger partial charge on any atom is -0.389 e. The number of likely N-dealkylation sites (tertiary alicyclic amines) is 1. The molecule has 0 aliphatic carbocycles. The van der Waals surface area contributed by atoms with Crippen molar-refractivity contribution in [3.63, 3.8) is 0 Å². The number of aromatic nitrogens is 2. The van der Waals surface area contributed by atoms with Gasteiger partial charge in [-0.25, -0.2) is 4.79 Å². The Kier molecular flexibility index (Phi) is 5.73. The molecule has 8 nitrogen and oxygen atoms in total. The van der Waals surface area contributed by atoms with Gasteiger partial charge in [-0.2, -0.15) is 0 Å². The van der Waals surface area contributed by atoms with Crippen LogP contribution in [0.4, 0.5) is 0 Å². The lowest BCUT2D eigenvalue weighted by atomic mass is 9.94. The van der Waals surface area contributed by atoms with E-state index >= 15 is 0 Å². The first-order valence-electron chi connectivity index (χ1n) is 9.10. The minimum absolute atomic E-state index is 0.333. The fourth-order valence-corrected chi connectivity index (χ4v) is 3.77. The van der Waals surface area contributed by atoms with Gasteiger partial charge in [-0.15, -0.1) is 0 Å². The molecule has 2 saturated heterocycles. The quantitative estimate of drug-likeness (QED) is 0.646. The van der Waals surface area contributed by atoms with Crippen LogP contribution in [0.15, 0.2) is 15.8 Å². The van der Waals surface area contributed by atoms with Crippen molar-refractivity contribution in [2.24, 2.45) is 0 Å². The van der Waals surface area contributed by atoms with E-state index in [9.17, 15) is 14.7 Å². The van der Waals surface area contributed by atoms with Crippen molar-refractivity contribution in [1.82, 2.24) is 24.7 Å². The van der Waals surface area contributed by atoms with Gasteiger partial charge in [-0.05, 0) is 32.9 Å². The summed E-state index contributed by atoms with van der Waals surface area (Å²) in [6, 6.07) is 0. The molecule has 0 radical (unpaired) electrons. The van der Waals surface area contributed by atoms with Crippen LogP contribution < -0.4 is 11.2 Å².